The Labute approximate surface area is 128 Å². The molecule has 7 heteroatoms. The maximum atomic E-state index is 12.4. The first-order chi connectivity index (χ1) is 10.4. The minimum Gasteiger partial charge on any atom is -0.459 e. The third-order valence-electron chi connectivity index (χ3n) is 4.11. The maximum Gasteiger partial charge on any atom is 0.289 e. The Kier molecular flexibility index (Phi) is 3.52. The highest BCUT2D eigenvalue weighted by Crippen LogP contribution is 2.32. The lowest BCUT2D eigenvalue weighted by Crippen LogP contribution is -2.34. The van der Waals surface area contributed by atoms with Crippen LogP contribution in [0.4, 0.5) is 0 Å². The number of carbonyl (C=O) groups excluding carboxylic acids is 1. The summed E-state index contributed by atoms with van der Waals surface area (Å²) in [5, 5.41) is 18.9. The Morgan fingerprint density at radius 2 is 2.27 bits per heavy atom. The van der Waals surface area contributed by atoms with Gasteiger partial charge < -0.3 is 14.4 Å². The van der Waals surface area contributed by atoms with E-state index in [1.54, 1.807) is 21.8 Å². The van der Waals surface area contributed by atoms with Crippen molar-refractivity contribution in [1.82, 2.24) is 19.9 Å². The van der Waals surface area contributed by atoms with Crippen LogP contribution in [0.5, 0.6) is 0 Å². The summed E-state index contributed by atoms with van der Waals surface area (Å²) in [5.74, 6) is 0.129. The fourth-order valence-corrected chi connectivity index (χ4v) is 2.65. The van der Waals surface area contributed by atoms with Crippen molar-refractivity contribution in [2.45, 2.75) is 38.8 Å². The summed E-state index contributed by atoms with van der Waals surface area (Å²) >= 11 is 0. The molecule has 1 aliphatic heterocycles. The van der Waals surface area contributed by atoms with E-state index in [2.05, 4.69) is 10.3 Å². The summed E-state index contributed by atoms with van der Waals surface area (Å²) in [6, 6.07) is 1.93. The Morgan fingerprint density at radius 1 is 1.50 bits per heavy atom. The molecule has 1 atom stereocenters. The zero-order valence-corrected chi connectivity index (χ0v) is 13.0. The molecular weight excluding hydrogens is 284 g/mol. The van der Waals surface area contributed by atoms with Gasteiger partial charge in [0.25, 0.3) is 5.91 Å². The predicted octanol–water partition coefficient (Wildman–Crippen LogP) is 1.49. The molecule has 3 rings (SSSR count). The van der Waals surface area contributed by atoms with Gasteiger partial charge in [-0.1, -0.05) is 5.21 Å². The first-order valence-corrected chi connectivity index (χ1v) is 7.39. The molecule has 2 aromatic heterocycles. The second-order valence-electron chi connectivity index (χ2n) is 6.12. The van der Waals surface area contributed by atoms with Crippen LogP contribution in [0.15, 0.2) is 22.9 Å². The van der Waals surface area contributed by atoms with Crippen molar-refractivity contribution < 1.29 is 14.3 Å². The number of aryl methyl sites for hydroxylation is 1. The van der Waals surface area contributed by atoms with E-state index in [0.717, 1.165) is 5.56 Å². The normalized spacial score (nSPS) is 21.8. The fourth-order valence-electron chi connectivity index (χ4n) is 2.65. The highest BCUT2D eigenvalue weighted by Gasteiger charge is 2.42. The molecule has 22 heavy (non-hydrogen) atoms. The van der Waals surface area contributed by atoms with Gasteiger partial charge in [0.05, 0.1) is 19.0 Å². The molecule has 0 spiro atoms. The fraction of sp³-hybridized carbons (Fsp3) is 0.533. The molecule has 1 fully saturated rings. The number of hydrogen-bond acceptors (Lipinski definition) is 5. The van der Waals surface area contributed by atoms with Gasteiger partial charge >= 0.3 is 0 Å². The molecular formula is C15H20N4O3. The minimum atomic E-state index is -1.15. The van der Waals surface area contributed by atoms with Crippen molar-refractivity contribution in [3.63, 3.8) is 0 Å². The molecule has 118 valence electrons. The molecule has 0 aromatic carbocycles. The number of aliphatic hydroxyl groups is 1. The summed E-state index contributed by atoms with van der Waals surface area (Å²) in [4.78, 5) is 14.0. The number of rotatable bonds is 3. The second kappa shape index (κ2) is 5.24. The van der Waals surface area contributed by atoms with E-state index in [4.69, 9.17) is 4.42 Å². The van der Waals surface area contributed by atoms with E-state index in [1.165, 1.54) is 6.26 Å². The van der Waals surface area contributed by atoms with Gasteiger partial charge in [-0.05, 0) is 26.8 Å². The number of amides is 1. The molecule has 0 radical (unpaired) electrons. The molecule has 0 bridgehead atoms. The van der Waals surface area contributed by atoms with Crippen LogP contribution in [-0.4, -0.2) is 44.0 Å². The molecule has 0 saturated carbocycles. The number of hydrogen-bond donors (Lipinski definition) is 1. The van der Waals surface area contributed by atoms with Gasteiger partial charge in [0, 0.05) is 24.6 Å². The van der Waals surface area contributed by atoms with Gasteiger partial charge in [0.1, 0.15) is 11.3 Å². The van der Waals surface area contributed by atoms with E-state index in [0.29, 0.717) is 24.4 Å². The number of nitrogens with zero attached hydrogens (tertiary/aromatic N) is 4. The Morgan fingerprint density at radius 3 is 2.86 bits per heavy atom. The smallest absolute Gasteiger partial charge is 0.289 e. The molecule has 1 N–H and O–H groups in total. The van der Waals surface area contributed by atoms with Gasteiger partial charge in [0.2, 0.25) is 0 Å². The molecule has 1 saturated heterocycles. The number of aromatic nitrogens is 3. The largest absolute Gasteiger partial charge is 0.459 e. The zero-order chi connectivity index (χ0) is 15.9. The third kappa shape index (κ3) is 2.41. The van der Waals surface area contributed by atoms with Gasteiger partial charge in [0.15, 0.2) is 5.76 Å². The van der Waals surface area contributed by atoms with E-state index in [9.17, 15) is 9.90 Å². The highest BCUT2D eigenvalue weighted by molar-refractivity contribution is 5.93. The predicted molar refractivity (Wildman–Crippen MR) is 78.3 cm³/mol. The Hall–Kier alpha value is -2.15. The topological polar surface area (TPSA) is 84.4 Å². The first-order valence-electron chi connectivity index (χ1n) is 7.39. The lowest BCUT2D eigenvalue weighted by molar-refractivity contribution is 0.0372. The van der Waals surface area contributed by atoms with Gasteiger partial charge in [-0.25, -0.2) is 4.68 Å². The number of likely N-dealkylation sites (tertiary alicyclic amines) is 1. The van der Waals surface area contributed by atoms with Gasteiger partial charge in [-0.3, -0.25) is 4.79 Å². The molecule has 3 heterocycles. The minimum absolute atomic E-state index is 0.176. The van der Waals surface area contributed by atoms with Crippen molar-refractivity contribution in [3.8, 4) is 0 Å². The molecule has 0 unspecified atom stereocenters. The summed E-state index contributed by atoms with van der Waals surface area (Å²) < 4.78 is 6.95. The van der Waals surface area contributed by atoms with Crippen molar-refractivity contribution >= 4 is 5.91 Å². The number of carbonyl (C=O) groups is 1. The number of furan rings is 1. The van der Waals surface area contributed by atoms with Crippen LogP contribution >= 0.6 is 0 Å². The van der Waals surface area contributed by atoms with Gasteiger partial charge in [-0.2, -0.15) is 0 Å². The van der Waals surface area contributed by atoms with Crippen molar-refractivity contribution in [1.29, 1.82) is 0 Å². The summed E-state index contributed by atoms with van der Waals surface area (Å²) in [5.41, 5.74) is 0.155. The van der Waals surface area contributed by atoms with Crippen molar-refractivity contribution in [2.24, 2.45) is 0 Å². The van der Waals surface area contributed by atoms with Crippen LogP contribution in [0, 0.1) is 6.92 Å². The van der Waals surface area contributed by atoms with E-state index >= 15 is 0 Å². The van der Waals surface area contributed by atoms with Crippen LogP contribution < -0.4 is 0 Å². The Balaban J connectivity index is 1.78. The first kappa shape index (κ1) is 14.8. The lowest BCUT2D eigenvalue weighted by atomic mass is 10.00. The average Bonchev–Trinajstić information content (AvgIpc) is 3.17. The van der Waals surface area contributed by atoms with Crippen LogP contribution in [0.1, 0.15) is 48.1 Å². The molecule has 7 nitrogen and oxygen atoms in total. The molecule has 1 amide bonds. The Bertz CT molecular complexity index is 691. The van der Waals surface area contributed by atoms with E-state index in [1.807, 2.05) is 20.8 Å². The summed E-state index contributed by atoms with van der Waals surface area (Å²) in [7, 11) is 0. The SMILES string of the molecule is Cc1ccoc1C(=O)N1CC[C@@](O)(c2cn(C(C)C)nn2)C1. The van der Waals surface area contributed by atoms with Crippen LogP contribution in [0.25, 0.3) is 0 Å². The summed E-state index contributed by atoms with van der Waals surface area (Å²) in [6.07, 6.45) is 3.69. The number of β-amino-alcohol motifs (C(OH)–C–C–N with tert-alkyl or cyclic N) is 1. The highest BCUT2D eigenvalue weighted by atomic mass is 16.3. The summed E-state index contributed by atoms with van der Waals surface area (Å²) in [6.45, 7) is 6.47. The third-order valence-corrected chi connectivity index (χ3v) is 4.11. The van der Waals surface area contributed by atoms with Crippen LogP contribution in [0.3, 0.4) is 0 Å². The molecule has 2 aromatic rings. The van der Waals surface area contributed by atoms with Crippen molar-refractivity contribution in [2.75, 3.05) is 13.1 Å². The van der Waals surface area contributed by atoms with Crippen LogP contribution in [0.2, 0.25) is 0 Å². The standard InChI is InChI=1S/C15H20N4O3/c1-10(2)19-8-12(16-17-19)15(21)5-6-18(9-15)14(20)13-11(3)4-7-22-13/h4,7-8,10,21H,5-6,9H2,1-3H3/t15-/m0/s1. The molecule has 0 aliphatic carbocycles. The van der Waals surface area contributed by atoms with E-state index < -0.39 is 5.60 Å². The average molecular weight is 304 g/mol. The van der Waals surface area contributed by atoms with E-state index in [-0.39, 0.29) is 18.5 Å². The van der Waals surface area contributed by atoms with Crippen molar-refractivity contribution in [3.05, 3.63) is 35.5 Å². The van der Waals surface area contributed by atoms with Crippen LogP contribution in [-0.2, 0) is 5.60 Å². The molecule has 1 aliphatic rings. The monoisotopic (exact) mass is 304 g/mol. The maximum absolute atomic E-state index is 12.4. The lowest BCUT2D eigenvalue weighted by Gasteiger charge is -2.20. The van der Waals surface area contributed by atoms with Gasteiger partial charge in [-0.15, -0.1) is 5.10 Å². The second-order valence-corrected chi connectivity index (χ2v) is 6.12. The zero-order valence-electron chi connectivity index (χ0n) is 13.0. The quantitative estimate of drug-likeness (QED) is 0.928.